The van der Waals surface area contributed by atoms with Crippen molar-refractivity contribution in [3.8, 4) is 0 Å². The van der Waals surface area contributed by atoms with Gasteiger partial charge in [0.15, 0.2) is 0 Å². The first-order valence-electron chi connectivity index (χ1n) is 2.73. The Bertz CT molecular complexity index is 205. The quantitative estimate of drug-likeness (QED) is 0.588. The Kier molecular flexibility index (Phi) is 4.19. The lowest BCUT2D eigenvalue weighted by Gasteiger charge is -2.09. The van der Waals surface area contributed by atoms with Gasteiger partial charge in [-0.15, -0.1) is 0 Å². The lowest BCUT2D eigenvalue weighted by molar-refractivity contribution is 1.24. The largest absolute Gasteiger partial charge is 0.216 e. The molecule has 4 heteroatoms. The van der Waals surface area contributed by atoms with E-state index in [1.807, 2.05) is 18.2 Å². The minimum Gasteiger partial charge on any atom is -0.0784 e. The van der Waals surface area contributed by atoms with Crippen molar-refractivity contribution >= 4 is 34.8 Å². The Balaban J connectivity index is 0.000001000. The second kappa shape index (κ2) is 4.17. The first kappa shape index (κ1) is 11.1. The van der Waals surface area contributed by atoms with Crippen LogP contribution in [-0.2, 0) is 3.79 Å². The maximum atomic E-state index is 5.59. The third kappa shape index (κ3) is 3.30. The molecule has 0 N–H and O–H groups in total. The van der Waals surface area contributed by atoms with Gasteiger partial charge in [0, 0.05) is 11.7 Å². The van der Waals surface area contributed by atoms with Gasteiger partial charge < -0.3 is 0 Å². The van der Waals surface area contributed by atoms with E-state index < -0.39 is 3.79 Å². The van der Waals surface area contributed by atoms with Gasteiger partial charge in [-0.2, -0.15) is 0 Å². The van der Waals surface area contributed by atoms with Gasteiger partial charge in [-0.05, 0) is 0 Å². The van der Waals surface area contributed by atoms with Gasteiger partial charge in [-0.25, -0.2) is 0 Å². The molecule has 0 aromatic heterocycles. The molecule has 1 rings (SSSR count). The zero-order valence-electron chi connectivity index (χ0n) is 5.47. The smallest absolute Gasteiger partial charge is 0.0784 e. The van der Waals surface area contributed by atoms with E-state index in [1.165, 1.54) is 0 Å². The highest BCUT2D eigenvalue weighted by Crippen LogP contribution is 2.37. The van der Waals surface area contributed by atoms with Crippen LogP contribution in [0.5, 0.6) is 0 Å². The standard InChI is InChI=1S/C7H5Cl3.N/c8-7(9,10)6-4-2-1-3-5-6;/h1-5H;. The third-order valence-electron chi connectivity index (χ3n) is 1.10. The van der Waals surface area contributed by atoms with Crippen molar-refractivity contribution in [2.75, 3.05) is 0 Å². The summed E-state index contributed by atoms with van der Waals surface area (Å²) in [7, 11) is 0. The monoisotopic (exact) mass is 208 g/mol. The fraction of sp³-hybridized carbons (Fsp3) is 0.143. The molecular weight excluding hydrogens is 204 g/mol. The van der Waals surface area contributed by atoms with Crippen molar-refractivity contribution in [3.63, 3.8) is 0 Å². The molecule has 0 saturated carbocycles. The lowest BCUT2D eigenvalue weighted by Crippen LogP contribution is -1.98. The zero-order chi connectivity index (χ0) is 7.61. The summed E-state index contributed by atoms with van der Waals surface area (Å²) in [5.41, 5.74) is 0.694. The van der Waals surface area contributed by atoms with Crippen molar-refractivity contribution in [1.29, 1.82) is 0 Å². The summed E-state index contributed by atoms with van der Waals surface area (Å²) in [5.74, 6) is 0. The average molecular weight is 209 g/mol. The zero-order valence-corrected chi connectivity index (χ0v) is 7.74. The number of rotatable bonds is 0. The van der Waals surface area contributed by atoms with E-state index in [-0.39, 0.29) is 6.15 Å². The number of halogens is 3. The Morgan fingerprint density at radius 2 is 1.36 bits per heavy atom. The van der Waals surface area contributed by atoms with Gasteiger partial charge in [-0.3, -0.25) is 0 Å². The summed E-state index contributed by atoms with van der Waals surface area (Å²) in [4.78, 5) is 0. The minimum absolute atomic E-state index is 0. The third-order valence-corrected chi connectivity index (χ3v) is 1.76. The molecule has 3 radical (unpaired) electrons. The molecule has 0 atom stereocenters. The van der Waals surface area contributed by atoms with E-state index in [0.717, 1.165) is 0 Å². The van der Waals surface area contributed by atoms with Crippen LogP contribution in [0.3, 0.4) is 0 Å². The molecule has 59 valence electrons. The van der Waals surface area contributed by atoms with E-state index in [9.17, 15) is 0 Å². The van der Waals surface area contributed by atoms with Gasteiger partial charge in [0.1, 0.15) is 0 Å². The van der Waals surface area contributed by atoms with Crippen molar-refractivity contribution in [2.24, 2.45) is 0 Å². The molecule has 0 amide bonds. The summed E-state index contributed by atoms with van der Waals surface area (Å²) >= 11 is 16.8. The SMILES string of the molecule is ClC(Cl)(Cl)c1ccccc1.[N]. The Morgan fingerprint density at radius 3 is 1.64 bits per heavy atom. The van der Waals surface area contributed by atoms with Crippen LogP contribution >= 0.6 is 34.8 Å². The summed E-state index contributed by atoms with van der Waals surface area (Å²) in [6.07, 6.45) is 0. The predicted molar refractivity (Wildman–Crippen MR) is 47.8 cm³/mol. The molecule has 0 bridgehead atoms. The molecular formula is C7H5Cl3N. The number of hydrogen-bond donors (Lipinski definition) is 0. The Morgan fingerprint density at radius 1 is 0.909 bits per heavy atom. The van der Waals surface area contributed by atoms with Crippen LogP contribution in [0, 0.1) is 0 Å². The molecule has 1 aromatic rings. The predicted octanol–water partition coefficient (Wildman–Crippen LogP) is 3.03. The van der Waals surface area contributed by atoms with Crippen LogP contribution in [-0.4, -0.2) is 0 Å². The normalized spacial score (nSPS) is 10.5. The molecule has 0 heterocycles. The second-order valence-electron chi connectivity index (χ2n) is 1.86. The number of alkyl halides is 3. The number of nitrogens with zero attached hydrogens (tertiary/aromatic N) is 1. The summed E-state index contributed by atoms with van der Waals surface area (Å²) in [5, 5.41) is 0. The van der Waals surface area contributed by atoms with Gasteiger partial charge in [0.05, 0.1) is 0 Å². The fourth-order valence-corrected chi connectivity index (χ4v) is 1.01. The molecule has 0 aliphatic heterocycles. The van der Waals surface area contributed by atoms with Crippen molar-refractivity contribution in [3.05, 3.63) is 35.9 Å². The molecule has 0 aliphatic carbocycles. The average Bonchev–Trinajstić information content (AvgIpc) is 1.88. The van der Waals surface area contributed by atoms with E-state index in [4.69, 9.17) is 34.8 Å². The Hall–Kier alpha value is 0.0500. The van der Waals surface area contributed by atoms with Crippen molar-refractivity contribution in [2.45, 2.75) is 3.79 Å². The van der Waals surface area contributed by atoms with E-state index in [1.54, 1.807) is 12.1 Å². The van der Waals surface area contributed by atoms with Gasteiger partial charge in [0.2, 0.25) is 3.79 Å². The molecule has 11 heavy (non-hydrogen) atoms. The molecule has 1 nitrogen and oxygen atoms in total. The molecule has 0 fully saturated rings. The van der Waals surface area contributed by atoms with Crippen LogP contribution in [0.1, 0.15) is 5.56 Å². The maximum absolute atomic E-state index is 5.59. The topological polar surface area (TPSA) is 30.5 Å². The summed E-state index contributed by atoms with van der Waals surface area (Å²) < 4.78 is -1.29. The minimum atomic E-state index is -1.29. The van der Waals surface area contributed by atoms with Gasteiger partial charge in [0.25, 0.3) is 0 Å². The van der Waals surface area contributed by atoms with Gasteiger partial charge in [-0.1, -0.05) is 65.1 Å². The highest BCUT2D eigenvalue weighted by atomic mass is 35.6. The lowest BCUT2D eigenvalue weighted by atomic mass is 10.2. The summed E-state index contributed by atoms with van der Waals surface area (Å²) in [6, 6.07) is 9.08. The van der Waals surface area contributed by atoms with Crippen LogP contribution < -0.4 is 6.15 Å². The highest BCUT2D eigenvalue weighted by molar-refractivity contribution is 6.66. The van der Waals surface area contributed by atoms with Gasteiger partial charge >= 0.3 is 0 Å². The van der Waals surface area contributed by atoms with Crippen LogP contribution in [0.25, 0.3) is 0 Å². The van der Waals surface area contributed by atoms with Crippen LogP contribution in [0.4, 0.5) is 0 Å². The van der Waals surface area contributed by atoms with Crippen molar-refractivity contribution in [1.82, 2.24) is 6.15 Å². The van der Waals surface area contributed by atoms with Crippen LogP contribution in [0.2, 0.25) is 0 Å². The second-order valence-corrected chi connectivity index (χ2v) is 4.15. The molecule has 0 saturated heterocycles. The van der Waals surface area contributed by atoms with Crippen LogP contribution in [0.15, 0.2) is 30.3 Å². The summed E-state index contributed by atoms with van der Waals surface area (Å²) in [6.45, 7) is 0. The van der Waals surface area contributed by atoms with Crippen molar-refractivity contribution < 1.29 is 0 Å². The number of benzene rings is 1. The number of hydrogen-bond acceptors (Lipinski definition) is 0. The maximum Gasteiger partial charge on any atom is 0.216 e. The molecule has 0 unspecified atom stereocenters. The molecule has 0 spiro atoms. The first-order chi connectivity index (χ1) is 4.61. The van der Waals surface area contributed by atoms with E-state index in [0.29, 0.717) is 5.56 Å². The molecule has 0 aliphatic rings. The van der Waals surface area contributed by atoms with E-state index >= 15 is 0 Å². The van der Waals surface area contributed by atoms with E-state index in [2.05, 4.69) is 0 Å². The Labute approximate surface area is 80.8 Å². The fourth-order valence-electron chi connectivity index (χ4n) is 0.627. The first-order valence-corrected chi connectivity index (χ1v) is 3.86. The highest BCUT2D eigenvalue weighted by Gasteiger charge is 2.21. The molecule has 1 aromatic carbocycles.